The zero-order valence-corrected chi connectivity index (χ0v) is 8.83. The van der Waals surface area contributed by atoms with Crippen LogP contribution in [0, 0.1) is 0 Å². The van der Waals surface area contributed by atoms with Gasteiger partial charge in [0, 0.05) is 23.5 Å². The Balaban J connectivity index is 2.48. The van der Waals surface area contributed by atoms with Crippen LogP contribution in [0.15, 0.2) is 42.7 Å². The van der Waals surface area contributed by atoms with Crippen molar-refractivity contribution in [3.63, 3.8) is 0 Å². The number of aldehydes is 1. The van der Waals surface area contributed by atoms with E-state index in [0.29, 0.717) is 11.8 Å². The van der Waals surface area contributed by atoms with Crippen molar-refractivity contribution in [1.82, 2.24) is 4.98 Å². The van der Waals surface area contributed by atoms with Gasteiger partial charge in [-0.1, -0.05) is 12.1 Å². The number of rotatable bonds is 3. The number of aromatic nitrogens is 1. The van der Waals surface area contributed by atoms with Crippen molar-refractivity contribution in [2.45, 2.75) is 0 Å². The molecule has 0 spiro atoms. The van der Waals surface area contributed by atoms with Gasteiger partial charge >= 0.3 is 5.97 Å². The summed E-state index contributed by atoms with van der Waals surface area (Å²) in [7, 11) is 0. The van der Waals surface area contributed by atoms with E-state index >= 15 is 0 Å². The number of carbonyl (C=O) groups is 2. The van der Waals surface area contributed by atoms with Gasteiger partial charge in [-0.25, -0.2) is 4.79 Å². The van der Waals surface area contributed by atoms with E-state index in [9.17, 15) is 9.59 Å². The fraction of sp³-hybridized carbons (Fsp3) is 0. The molecule has 0 radical (unpaired) electrons. The summed E-state index contributed by atoms with van der Waals surface area (Å²) in [5.74, 6) is -0.980. The first-order valence-electron chi connectivity index (χ1n) is 4.94. The molecule has 0 amide bonds. The van der Waals surface area contributed by atoms with Crippen LogP contribution in [0.4, 0.5) is 0 Å². The first kappa shape index (κ1) is 11.0. The molecule has 0 aliphatic rings. The number of aromatic carboxylic acids is 1. The summed E-state index contributed by atoms with van der Waals surface area (Å²) in [6.07, 6.45) is 3.75. The molecule has 1 aromatic heterocycles. The maximum atomic E-state index is 10.8. The molecule has 4 nitrogen and oxygen atoms in total. The molecule has 4 heteroatoms. The highest BCUT2D eigenvalue weighted by Crippen LogP contribution is 2.20. The molecule has 1 heterocycles. The Labute approximate surface area is 97.6 Å². The first-order valence-corrected chi connectivity index (χ1v) is 4.94. The number of hydrogen-bond donors (Lipinski definition) is 1. The van der Waals surface area contributed by atoms with Crippen molar-refractivity contribution in [2.24, 2.45) is 0 Å². The quantitative estimate of drug-likeness (QED) is 0.816. The van der Waals surface area contributed by atoms with Crippen LogP contribution in [0.1, 0.15) is 20.7 Å². The fourth-order valence-corrected chi connectivity index (χ4v) is 1.51. The van der Waals surface area contributed by atoms with Crippen molar-refractivity contribution >= 4 is 12.3 Å². The number of hydrogen-bond acceptors (Lipinski definition) is 3. The fourth-order valence-electron chi connectivity index (χ4n) is 1.51. The van der Waals surface area contributed by atoms with E-state index in [1.807, 2.05) is 0 Å². The lowest BCUT2D eigenvalue weighted by atomic mass is 10.0. The predicted octanol–water partition coefficient (Wildman–Crippen LogP) is 2.26. The molecule has 2 rings (SSSR count). The van der Waals surface area contributed by atoms with E-state index < -0.39 is 5.97 Å². The Bertz CT molecular complexity index is 578. The Kier molecular flexibility index (Phi) is 2.96. The van der Waals surface area contributed by atoms with Gasteiger partial charge in [-0.15, -0.1) is 0 Å². The van der Waals surface area contributed by atoms with Gasteiger partial charge < -0.3 is 5.11 Å². The summed E-state index contributed by atoms with van der Waals surface area (Å²) in [4.78, 5) is 25.4. The SMILES string of the molecule is O=Cc1cncc(-c2cccc(C(=O)O)c2)c1. The van der Waals surface area contributed by atoms with E-state index in [1.165, 1.54) is 12.3 Å². The van der Waals surface area contributed by atoms with Crippen molar-refractivity contribution in [3.05, 3.63) is 53.9 Å². The molecule has 0 aliphatic heterocycles. The number of nitrogens with zero attached hydrogens (tertiary/aromatic N) is 1. The monoisotopic (exact) mass is 227 g/mol. The smallest absolute Gasteiger partial charge is 0.335 e. The van der Waals surface area contributed by atoms with Crippen LogP contribution in [0.5, 0.6) is 0 Å². The van der Waals surface area contributed by atoms with Crippen LogP contribution < -0.4 is 0 Å². The number of carboxylic acid groups (broad SMARTS) is 1. The molecule has 0 saturated heterocycles. The molecule has 1 N–H and O–H groups in total. The molecule has 0 atom stereocenters. The van der Waals surface area contributed by atoms with Crippen LogP contribution in [0.2, 0.25) is 0 Å². The Hall–Kier alpha value is -2.49. The Morgan fingerprint density at radius 3 is 2.71 bits per heavy atom. The third-order valence-electron chi connectivity index (χ3n) is 2.34. The van der Waals surface area contributed by atoms with Gasteiger partial charge in [0.15, 0.2) is 6.29 Å². The van der Waals surface area contributed by atoms with Gasteiger partial charge in [0.25, 0.3) is 0 Å². The molecule has 0 saturated carbocycles. The third kappa shape index (κ3) is 2.36. The number of carbonyl (C=O) groups excluding carboxylic acids is 1. The lowest BCUT2D eigenvalue weighted by molar-refractivity contribution is 0.0696. The molecule has 2 aromatic rings. The van der Waals surface area contributed by atoms with E-state index in [4.69, 9.17) is 5.11 Å². The second-order valence-corrected chi connectivity index (χ2v) is 3.51. The molecule has 17 heavy (non-hydrogen) atoms. The third-order valence-corrected chi connectivity index (χ3v) is 2.34. The van der Waals surface area contributed by atoms with Crippen molar-refractivity contribution in [1.29, 1.82) is 0 Å². The zero-order valence-electron chi connectivity index (χ0n) is 8.83. The van der Waals surface area contributed by atoms with Gasteiger partial charge in [0.05, 0.1) is 5.56 Å². The maximum absolute atomic E-state index is 10.8. The topological polar surface area (TPSA) is 67.3 Å². The summed E-state index contributed by atoms with van der Waals surface area (Å²) in [6, 6.07) is 8.17. The van der Waals surface area contributed by atoms with E-state index in [0.717, 1.165) is 11.1 Å². The van der Waals surface area contributed by atoms with Crippen molar-refractivity contribution < 1.29 is 14.7 Å². The average Bonchev–Trinajstić information content (AvgIpc) is 2.39. The Morgan fingerprint density at radius 1 is 1.18 bits per heavy atom. The van der Waals surface area contributed by atoms with Crippen molar-refractivity contribution in [2.75, 3.05) is 0 Å². The lowest BCUT2D eigenvalue weighted by Gasteiger charge is -2.03. The molecular weight excluding hydrogens is 218 g/mol. The second kappa shape index (κ2) is 4.57. The van der Waals surface area contributed by atoms with Gasteiger partial charge in [-0.2, -0.15) is 0 Å². The molecule has 0 unspecified atom stereocenters. The molecule has 84 valence electrons. The standard InChI is InChI=1S/C13H9NO3/c15-8-9-4-12(7-14-6-9)10-2-1-3-11(5-10)13(16)17/h1-8H,(H,16,17). The number of pyridine rings is 1. The highest BCUT2D eigenvalue weighted by Gasteiger charge is 2.05. The van der Waals surface area contributed by atoms with Gasteiger partial charge in [0.1, 0.15) is 0 Å². The van der Waals surface area contributed by atoms with Crippen LogP contribution in [-0.4, -0.2) is 22.3 Å². The number of benzene rings is 1. The largest absolute Gasteiger partial charge is 0.478 e. The van der Waals surface area contributed by atoms with E-state index in [1.54, 1.807) is 30.5 Å². The van der Waals surface area contributed by atoms with Crippen LogP contribution in [0.3, 0.4) is 0 Å². The van der Waals surface area contributed by atoms with Crippen LogP contribution in [-0.2, 0) is 0 Å². The molecule has 0 aliphatic carbocycles. The van der Waals surface area contributed by atoms with Gasteiger partial charge in [-0.3, -0.25) is 9.78 Å². The minimum absolute atomic E-state index is 0.207. The minimum atomic E-state index is -0.980. The predicted molar refractivity (Wildman–Crippen MR) is 62.0 cm³/mol. The Morgan fingerprint density at radius 2 is 2.00 bits per heavy atom. The zero-order chi connectivity index (χ0) is 12.3. The van der Waals surface area contributed by atoms with Gasteiger partial charge in [0.2, 0.25) is 0 Å². The summed E-state index contributed by atoms with van der Waals surface area (Å²) < 4.78 is 0. The molecule has 1 aromatic carbocycles. The second-order valence-electron chi connectivity index (χ2n) is 3.51. The molecule has 0 bridgehead atoms. The summed E-state index contributed by atoms with van der Waals surface area (Å²) in [5.41, 5.74) is 2.11. The first-order chi connectivity index (χ1) is 8.20. The van der Waals surface area contributed by atoms with Gasteiger partial charge in [-0.05, 0) is 23.8 Å². The summed E-state index contributed by atoms with van der Waals surface area (Å²) in [6.45, 7) is 0. The molecule has 0 fully saturated rings. The average molecular weight is 227 g/mol. The minimum Gasteiger partial charge on any atom is -0.478 e. The van der Waals surface area contributed by atoms with E-state index in [-0.39, 0.29) is 5.56 Å². The normalized spacial score (nSPS) is 9.88. The summed E-state index contributed by atoms with van der Waals surface area (Å²) in [5, 5.41) is 8.89. The lowest BCUT2D eigenvalue weighted by Crippen LogP contribution is -1.96. The highest BCUT2D eigenvalue weighted by molar-refractivity contribution is 5.89. The van der Waals surface area contributed by atoms with Crippen LogP contribution in [0.25, 0.3) is 11.1 Å². The van der Waals surface area contributed by atoms with Crippen LogP contribution >= 0.6 is 0 Å². The number of carboxylic acids is 1. The highest BCUT2D eigenvalue weighted by atomic mass is 16.4. The maximum Gasteiger partial charge on any atom is 0.335 e. The van der Waals surface area contributed by atoms with E-state index in [2.05, 4.69) is 4.98 Å². The molecular formula is C13H9NO3. The van der Waals surface area contributed by atoms with Crippen molar-refractivity contribution in [3.8, 4) is 11.1 Å². The summed E-state index contributed by atoms with van der Waals surface area (Å²) >= 11 is 0.